The van der Waals surface area contributed by atoms with Crippen LogP contribution in [0.3, 0.4) is 0 Å². The first-order valence-electron chi connectivity index (χ1n) is 8.59. The molecular formula is C19H25N3O3S2. The summed E-state index contributed by atoms with van der Waals surface area (Å²) < 4.78 is 5.26. The number of hydrogen-bond acceptors (Lipinski definition) is 6. The van der Waals surface area contributed by atoms with Gasteiger partial charge in [0, 0.05) is 10.9 Å². The van der Waals surface area contributed by atoms with Crippen LogP contribution in [0, 0.1) is 0 Å². The number of nitrogens with one attached hydrogen (secondary N) is 2. The van der Waals surface area contributed by atoms with Crippen LogP contribution in [0.1, 0.15) is 27.2 Å². The summed E-state index contributed by atoms with van der Waals surface area (Å²) in [5.74, 6) is 0.435. The van der Waals surface area contributed by atoms with E-state index in [0.717, 1.165) is 17.0 Å². The molecule has 1 aromatic carbocycles. The maximum absolute atomic E-state index is 12.6. The van der Waals surface area contributed by atoms with Crippen LogP contribution in [0.5, 0.6) is 0 Å². The first kappa shape index (κ1) is 21.2. The fourth-order valence-corrected chi connectivity index (χ4v) is 3.41. The molecule has 0 aliphatic heterocycles. The number of amides is 2. The van der Waals surface area contributed by atoms with Crippen molar-refractivity contribution in [1.82, 2.24) is 10.3 Å². The number of hydrogen-bond donors (Lipinski definition) is 2. The number of thiazole rings is 1. The molecule has 0 radical (unpaired) electrons. The van der Waals surface area contributed by atoms with Gasteiger partial charge in [-0.2, -0.15) is 11.8 Å². The van der Waals surface area contributed by atoms with Crippen molar-refractivity contribution in [1.29, 1.82) is 0 Å². The molecule has 0 spiro atoms. The van der Waals surface area contributed by atoms with Crippen LogP contribution in [0.25, 0.3) is 11.3 Å². The van der Waals surface area contributed by atoms with Crippen LogP contribution < -0.4 is 10.6 Å². The van der Waals surface area contributed by atoms with Gasteiger partial charge in [0.15, 0.2) is 5.13 Å². The van der Waals surface area contributed by atoms with Crippen molar-refractivity contribution in [2.24, 2.45) is 0 Å². The van der Waals surface area contributed by atoms with E-state index in [0.29, 0.717) is 11.6 Å². The highest BCUT2D eigenvalue weighted by Crippen LogP contribution is 2.24. The number of aromatic nitrogens is 1. The zero-order valence-electron chi connectivity index (χ0n) is 15.9. The molecule has 0 saturated carbocycles. The first-order chi connectivity index (χ1) is 12.8. The van der Waals surface area contributed by atoms with Gasteiger partial charge in [-0.05, 0) is 39.2 Å². The van der Waals surface area contributed by atoms with E-state index in [9.17, 15) is 9.59 Å². The summed E-state index contributed by atoms with van der Waals surface area (Å²) in [5, 5.41) is 7.85. The van der Waals surface area contributed by atoms with Crippen molar-refractivity contribution >= 4 is 40.2 Å². The zero-order chi connectivity index (χ0) is 19.9. The second kappa shape index (κ2) is 9.75. The number of nitrogens with zero attached hydrogens (tertiary/aromatic N) is 1. The van der Waals surface area contributed by atoms with Crippen LogP contribution in [0.4, 0.5) is 9.93 Å². The van der Waals surface area contributed by atoms with Crippen molar-refractivity contribution in [2.45, 2.75) is 38.8 Å². The van der Waals surface area contributed by atoms with E-state index in [1.54, 1.807) is 32.5 Å². The van der Waals surface area contributed by atoms with Crippen LogP contribution >= 0.6 is 23.1 Å². The Hall–Kier alpha value is -2.06. The van der Waals surface area contributed by atoms with Gasteiger partial charge in [0.2, 0.25) is 5.91 Å². The minimum absolute atomic E-state index is 0.302. The Kier molecular flexibility index (Phi) is 7.67. The summed E-state index contributed by atoms with van der Waals surface area (Å²) >= 11 is 2.96. The molecule has 2 amide bonds. The third kappa shape index (κ3) is 7.22. The molecule has 2 aromatic rings. The largest absolute Gasteiger partial charge is 0.444 e. The molecule has 0 unspecified atom stereocenters. The van der Waals surface area contributed by atoms with E-state index in [2.05, 4.69) is 15.6 Å². The number of carbonyl (C=O) groups excluding carboxylic acids is 2. The fourth-order valence-electron chi connectivity index (χ4n) is 2.22. The molecule has 0 aliphatic carbocycles. The minimum atomic E-state index is -0.684. The molecule has 2 rings (SSSR count). The molecule has 8 heteroatoms. The summed E-state index contributed by atoms with van der Waals surface area (Å²) in [7, 11) is 0. The Labute approximate surface area is 168 Å². The molecular weight excluding hydrogens is 382 g/mol. The Morgan fingerprint density at radius 3 is 2.59 bits per heavy atom. The number of thioether (sulfide) groups is 1. The normalized spacial score (nSPS) is 12.3. The minimum Gasteiger partial charge on any atom is -0.444 e. The quantitative estimate of drug-likeness (QED) is 0.711. The van der Waals surface area contributed by atoms with E-state index in [-0.39, 0.29) is 5.91 Å². The highest BCUT2D eigenvalue weighted by atomic mass is 32.2. The molecule has 1 atom stereocenters. The maximum Gasteiger partial charge on any atom is 0.408 e. The number of ether oxygens (including phenoxy) is 1. The molecule has 0 saturated heterocycles. The molecule has 0 bridgehead atoms. The average Bonchev–Trinajstić information content (AvgIpc) is 3.06. The number of benzene rings is 1. The van der Waals surface area contributed by atoms with E-state index in [4.69, 9.17) is 4.74 Å². The third-order valence-electron chi connectivity index (χ3n) is 3.42. The van der Waals surface area contributed by atoms with E-state index in [1.807, 2.05) is 42.0 Å². The second-order valence-electron chi connectivity index (χ2n) is 6.87. The van der Waals surface area contributed by atoms with Gasteiger partial charge in [0.05, 0.1) is 5.69 Å². The average molecular weight is 408 g/mol. The number of rotatable bonds is 7. The Morgan fingerprint density at radius 1 is 1.26 bits per heavy atom. The van der Waals surface area contributed by atoms with E-state index < -0.39 is 17.7 Å². The van der Waals surface area contributed by atoms with Gasteiger partial charge in [0.1, 0.15) is 11.6 Å². The van der Waals surface area contributed by atoms with E-state index in [1.165, 1.54) is 11.3 Å². The van der Waals surface area contributed by atoms with Crippen molar-refractivity contribution in [2.75, 3.05) is 17.3 Å². The zero-order valence-corrected chi connectivity index (χ0v) is 17.6. The Morgan fingerprint density at radius 2 is 1.96 bits per heavy atom. The van der Waals surface area contributed by atoms with Crippen LogP contribution in [0.15, 0.2) is 35.7 Å². The summed E-state index contributed by atoms with van der Waals surface area (Å²) in [6.45, 7) is 5.35. The number of carbonyl (C=O) groups is 2. The third-order valence-corrected chi connectivity index (χ3v) is 4.82. The lowest BCUT2D eigenvalue weighted by Gasteiger charge is -2.23. The predicted octanol–water partition coefficient (Wildman–Crippen LogP) is 4.40. The topological polar surface area (TPSA) is 80.3 Å². The van der Waals surface area contributed by atoms with Gasteiger partial charge >= 0.3 is 6.09 Å². The molecule has 1 aromatic heterocycles. The van der Waals surface area contributed by atoms with Crippen molar-refractivity contribution in [3.05, 3.63) is 35.7 Å². The second-order valence-corrected chi connectivity index (χ2v) is 8.72. The standard InChI is InChI=1S/C19H25N3O3S2/c1-19(2,3)25-18(24)21-14(10-11-26-4)16(23)22-17-20-15(12-27-17)13-8-6-5-7-9-13/h5-9,12,14H,10-11H2,1-4H3,(H,21,24)(H,20,22,23)/t14-/m0/s1. The van der Waals surface area contributed by atoms with E-state index >= 15 is 0 Å². The number of alkyl carbamates (subject to hydrolysis) is 1. The van der Waals surface area contributed by atoms with Gasteiger partial charge in [-0.25, -0.2) is 9.78 Å². The maximum atomic E-state index is 12.6. The highest BCUT2D eigenvalue weighted by molar-refractivity contribution is 7.98. The van der Waals surface area contributed by atoms with Gasteiger partial charge in [-0.15, -0.1) is 11.3 Å². The number of anilines is 1. The summed E-state index contributed by atoms with van der Waals surface area (Å²) in [6, 6.07) is 9.07. The summed E-state index contributed by atoms with van der Waals surface area (Å²) in [6.07, 6.45) is 1.85. The van der Waals surface area contributed by atoms with Gasteiger partial charge in [0.25, 0.3) is 0 Å². The smallest absolute Gasteiger partial charge is 0.408 e. The molecule has 1 heterocycles. The summed E-state index contributed by atoms with van der Waals surface area (Å²) in [5.41, 5.74) is 1.17. The van der Waals surface area contributed by atoms with Crippen molar-refractivity contribution in [3.8, 4) is 11.3 Å². The lowest BCUT2D eigenvalue weighted by Crippen LogP contribution is -2.46. The van der Waals surface area contributed by atoms with Crippen LogP contribution in [0.2, 0.25) is 0 Å². The Bertz CT molecular complexity index is 757. The first-order valence-corrected chi connectivity index (χ1v) is 10.9. The fraction of sp³-hybridized carbons (Fsp3) is 0.421. The SMILES string of the molecule is CSCC[C@H](NC(=O)OC(C)(C)C)C(=O)Nc1nc(-c2ccccc2)cs1. The highest BCUT2D eigenvalue weighted by Gasteiger charge is 2.24. The van der Waals surface area contributed by atoms with Crippen molar-refractivity contribution < 1.29 is 14.3 Å². The predicted molar refractivity (Wildman–Crippen MR) is 112 cm³/mol. The monoisotopic (exact) mass is 407 g/mol. The lowest BCUT2D eigenvalue weighted by atomic mass is 10.2. The lowest BCUT2D eigenvalue weighted by molar-refractivity contribution is -0.118. The molecule has 0 aliphatic rings. The van der Waals surface area contributed by atoms with Crippen LogP contribution in [-0.4, -0.2) is 40.6 Å². The molecule has 146 valence electrons. The van der Waals surface area contributed by atoms with Gasteiger partial charge < -0.3 is 15.4 Å². The van der Waals surface area contributed by atoms with Crippen LogP contribution in [-0.2, 0) is 9.53 Å². The van der Waals surface area contributed by atoms with Gasteiger partial charge in [-0.1, -0.05) is 30.3 Å². The molecule has 2 N–H and O–H groups in total. The molecule has 0 fully saturated rings. The Balaban J connectivity index is 2.02. The molecule has 27 heavy (non-hydrogen) atoms. The van der Waals surface area contributed by atoms with Crippen molar-refractivity contribution in [3.63, 3.8) is 0 Å². The van der Waals surface area contributed by atoms with Gasteiger partial charge in [-0.3, -0.25) is 4.79 Å². The molecule has 6 nitrogen and oxygen atoms in total. The summed E-state index contributed by atoms with van der Waals surface area (Å²) in [4.78, 5) is 29.1.